The van der Waals surface area contributed by atoms with Crippen LogP contribution in [0, 0.1) is 19.8 Å². The van der Waals surface area contributed by atoms with Gasteiger partial charge in [0.1, 0.15) is 0 Å². The molecule has 0 heterocycles. The zero-order valence-corrected chi connectivity index (χ0v) is 17.5. The lowest BCUT2D eigenvalue weighted by Gasteiger charge is -2.20. The molecule has 0 bridgehead atoms. The van der Waals surface area contributed by atoms with E-state index in [9.17, 15) is 18.0 Å². The third-order valence-corrected chi connectivity index (χ3v) is 6.62. The first kappa shape index (κ1) is 22.4. The predicted molar refractivity (Wildman–Crippen MR) is 108 cm³/mol. The summed E-state index contributed by atoms with van der Waals surface area (Å²) in [5.74, 6) is -0.00287. The summed E-state index contributed by atoms with van der Waals surface area (Å²) in [6.07, 6.45) is 6.24. The molecule has 0 saturated heterocycles. The summed E-state index contributed by atoms with van der Waals surface area (Å²) in [5, 5.41) is 5.25. The maximum absolute atomic E-state index is 12.4. The minimum absolute atomic E-state index is 0.0808. The van der Waals surface area contributed by atoms with Gasteiger partial charge < -0.3 is 10.6 Å². The molecular weight excluding hydrogens is 378 g/mol. The molecule has 0 aromatic heterocycles. The van der Waals surface area contributed by atoms with Crippen LogP contribution in [0.4, 0.5) is 0 Å². The zero-order valence-electron chi connectivity index (χ0n) is 16.7. The monoisotopic (exact) mass is 409 g/mol. The second-order valence-electron chi connectivity index (χ2n) is 7.50. The van der Waals surface area contributed by atoms with Crippen molar-refractivity contribution in [1.82, 2.24) is 15.4 Å². The highest BCUT2D eigenvalue weighted by Crippen LogP contribution is 2.25. The van der Waals surface area contributed by atoms with Crippen molar-refractivity contribution < 1.29 is 18.0 Å². The Morgan fingerprint density at radius 1 is 1.00 bits per heavy atom. The van der Waals surface area contributed by atoms with E-state index in [1.807, 2.05) is 13.0 Å². The van der Waals surface area contributed by atoms with Gasteiger partial charge in [-0.15, -0.1) is 0 Å². The summed E-state index contributed by atoms with van der Waals surface area (Å²) in [6, 6.07) is 5.25. The number of hydrogen-bond acceptors (Lipinski definition) is 4. The van der Waals surface area contributed by atoms with E-state index in [-0.39, 0.29) is 36.3 Å². The van der Waals surface area contributed by atoms with Crippen molar-refractivity contribution in [2.45, 2.75) is 57.3 Å². The molecule has 1 aliphatic carbocycles. The SMILES string of the molecule is Cc1ccc(C)c(S(=O)(=O)NCCNC(=O)CNC(=O)CC2CCCCC2)c1. The zero-order chi connectivity index (χ0) is 20.6. The maximum Gasteiger partial charge on any atom is 0.240 e. The van der Waals surface area contributed by atoms with Gasteiger partial charge in [-0.3, -0.25) is 9.59 Å². The molecule has 0 unspecified atom stereocenters. The van der Waals surface area contributed by atoms with Crippen molar-refractivity contribution in [3.63, 3.8) is 0 Å². The van der Waals surface area contributed by atoms with E-state index in [0.717, 1.165) is 18.4 Å². The number of carbonyl (C=O) groups is 2. The summed E-state index contributed by atoms with van der Waals surface area (Å²) in [7, 11) is -3.62. The van der Waals surface area contributed by atoms with Crippen molar-refractivity contribution in [3.05, 3.63) is 29.3 Å². The van der Waals surface area contributed by atoms with Crippen LogP contribution in [0.2, 0.25) is 0 Å². The third kappa shape index (κ3) is 7.24. The van der Waals surface area contributed by atoms with Crippen molar-refractivity contribution in [1.29, 1.82) is 0 Å². The predicted octanol–water partition coefficient (Wildman–Crippen LogP) is 1.78. The van der Waals surface area contributed by atoms with Gasteiger partial charge in [-0.05, 0) is 49.8 Å². The maximum atomic E-state index is 12.4. The van der Waals surface area contributed by atoms with E-state index in [1.165, 1.54) is 19.3 Å². The fraction of sp³-hybridized carbons (Fsp3) is 0.600. The Morgan fingerprint density at radius 2 is 1.71 bits per heavy atom. The topological polar surface area (TPSA) is 104 Å². The number of amides is 2. The second-order valence-corrected chi connectivity index (χ2v) is 9.24. The molecule has 7 nitrogen and oxygen atoms in total. The first-order valence-corrected chi connectivity index (χ1v) is 11.4. The molecule has 28 heavy (non-hydrogen) atoms. The molecule has 1 aromatic carbocycles. The molecule has 1 aliphatic rings. The third-order valence-electron chi connectivity index (χ3n) is 5.02. The van der Waals surface area contributed by atoms with Crippen molar-refractivity contribution in [2.24, 2.45) is 5.92 Å². The number of benzene rings is 1. The van der Waals surface area contributed by atoms with Gasteiger partial charge >= 0.3 is 0 Å². The Hall–Kier alpha value is -1.93. The van der Waals surface area contributed by atoms with Crippen LogP contribution in [0.1, 0.15) is 49.7 Å². The fourth-order valence-electron chi connectivity index (χ4n) is 3.43. The number of aryl methyl sites for hydroxylation is 2. The molecule has 2 amide bonds. The number of hydrogen-bond donors (Lipinski definition) is 3. The molecule has 156 valence electrons. The van der Waals surface area contributed by atoms with Crippen LogP contribution in [0.3, 0.4) is 0 Å². The molecule has 0 spiro atoms. The van der Waals surface area contributed by atoms with Gasteiger partial charge in [-0.25, -0.2) is 13.1 Å². The molecule has 8 heteroatoms. The molecule has 0 radical (unpaired) electrons. The summed E-state index contributed by atoms with van der Waals surface area (Å²) in [5.41, 5.74) is 1.53. The molecular formula is C20H31N3O4S. The minimum Gasteiger partial charge on any atom is -0.353 e. The van der Waals surface area contributed by atoms with E-state index in [4.69, 9.17) is 0 Å². The summed E-state index contributed by atoms with van der Waals surface area (Å²) >= 11 is 0. The first-order valence-electron chi connectivity index (χ1n) is 9.88. The van der Waals surface area contributed by atoms with Crippen molar-refractivity contribution in [3.8, 4) is 0 Å². The first-order chi connectivity index (χ1) is 13.3. The van der Waals surface area contributed by atoms with Crippen molar-refractivity contribution in [2.75, 3.05) is 19.6 Å². The Morgan fingerprint density at radius 3 is 2.43 bits per heavy atom. The van der Waals surface area contributed by atoms with Crippen LogP contribution in [-0.4, -0.2) is 39.9 Å². The smallest absolute Gasteiger partial charge is 0.240 e. The average molecular weight is 410 g/mol. The highest BCUT2D eigenvalue weighted by molar-refractivity contribution is 7.89. The summed E-state index contributed by atoms with van der Waals surface area (Å²) in [4.78, 5) is 24.0. The van der Waals surface area contributed by atoms with Gasteiger partial charge in [0.15, 0.2) is 0 Å². The lowest BCUT2D eigenvalue weighted by atomic mass is 9.87. The van der Waals surface area contributed by atoms with Crippen LogP contribution in [0.5, 0.6) is 0 Å². The van der Waals surface area contributed by atoms with Crippen LogP contribution >= 0.6 is 0 Å². The highest BCUT2D eigenvalue weighted by atomic mass is 32.2. The van der Waals surface area contributed by atoms with E-state index in [0.29, 0.717) is 17.9 Å². The van der Waals surface area contributed by atoms with Gasteiger partial charge in [-0.1, -0.05) is 31.4 Å². The van der Waals surface area contributed by atoms with Gasteiger partial charge in [-0.2, -0.15) is 0 Å². The molecule has 0 aliphatic heterocycles. The average Bonchev–Trinajstić information content (AvgIpc) is 2.66. The van der Waals surface area contributed by atoms with Gasteiger partial charge in [0, 0.05) is 19.5 Å². The molecule has 1 fully saturated rings. The molecule has 2 rings (SSSR count). The van der Waals surface area contributed by atoms with Crippen molar-refractivity contribution >= 4 is 21.8 Å². The molecule has 1 saturated carbocycles. The minimum atomic E-state index is -3.62. The Kier molecular flexibility index (Phi) is 8.44. The van der Waals surface area contributed by atoms with E-state index >= 15 is 0 Å². The quantitative estimate of drug-likeness (QED) is 0.541. The van der Waals surface area contributed by atoms with Crippen LogP contribution in [0.25, 0.3) is 0 Å². The number of rotatable bonds is 9. The lowest BCUT2D eigenvalue weighted by Crippen LogP contribution is -2.40. The second kappa shape index (κ2) is 10.6. The Bertz CT molecular complexity index is 787. The van der Waals surface area contributed by atoms with Crippen LogP contribution < -0.4 is 15.4 Å². The fourth-order valence-corrected chi connectivity index (χ4v) is 4.79. The molecule has 3 N–H and O–H groups in total. The Balaban J connectivity index is 1.66. The standard InChI is InChI=1S/C20H31N3O4S/c1-15-8-9-16(2)18(12-15)28(26,27)23-11-10-21-20(25)14-22-19(24)13-17-6-4-3-5-7-17/h8-9,12,17,23H,3-7,10-11,13-14H2,1-2H3,(H,21,25)(H,22,24). The number of carbonyl (C=O) groups excluding carboxylic acids is 2. The lowest BCUT2D eigenvalue weighted by molar-refractivity contribution is -0.126. The van der Waals surface area contributed by atoms with Crippen LogP contribution in [-0.2, 0) is 19.6 Å². The van der Waals surface area contributed by atoms with Gasteiger partial charge in [0.25, 0.3) is 0 Å². The molecule has 1 aromatic rings. The highest BCUT2D eigenvalue weighted by Gasteiger charge is 2.18. The van der Waals surface area contributed by atoms with Gasteiger partial charge in [0.2, 0.25) is 21.8 Å². The normalized spacial score (nSPS) is 15.2. The summed E-state index contributed by atoms with van der Waals surface area (Å²) < 4.78 is 27.2. The number of nitrogens with one attached hydrogen (secondary N) is 3. The summed E-state index contributed by atoms with van der Waals surface area (Å²) in [6.45, 7) is 3.72. The van der Waals surface area contributed by atoms with Crippen LogP contribution in [0.15, 0.2) is 23.1 Å². The van der Waals surface area contributed by atoms with E-state index in [1.54, 1.807) is 19.1 Å². The number of sulfonamides is 1. The van der Waals surface area contributed by atoms with E-state index in [2.05, 4.69) is 15.4 Å². The Labute approximate surface area is 167 Å². The van der Waals surface area contributed by atoms with Gasteiger partial charge in [0.05, 0.1) is 11.4 Å². The van der Waals surface area contributed by atoms with E-state index < -0.39 is 10.0 Å². The largest absolute Gasteiger partial charge is 0.353 e. The molecule has 0 atom stereocenters.